The lowest BCUT2D eigenvalue weighted by Crippen LogP contribution is -2.15. The van der Waals surface area contributed by atoms with E-state index in [4.69, 9.17) is 6.42 Å². The maximum atomic E-state index is 5.19. The van der Waals surface area contributed by atoms with Gasteiger partial charge in [-0.1, -0.05) is 12.8 Å². The Kier molecular flexibility index (Phi) is 4.01. The van der Waals surface area contributed by atoms with Gasteiger partial charge in [0.25, 0.3) is 0 Å². The number of hydrogen-bond donors (Lipinski definition) is 1. The minimum Gasteiger partial charge on any atom is -0.310 e. The average molecular weight is 217 g/mol. The van der Waals surface area contributed by atoms with Gasteiger partial charge in [-0.3, -0.25) is 4.68 Å². The number of nitrogens with zero attached hydrogens (tertiary/aromatic N) is 2. The summed E-state index contributed by atoms with van der Waals surface area (Å²) in [5.41, 5.74) is 1.11. The summed E-state index contributed by atoms with van der Waals surface area (Å²) in [5.74, 6) is 2.62. The monoisotopic (exact) mass is 217 g/mol. The van der Waals surface area contributed by atoms with Gasteiger partial charge in [0.15, 0.2) is 0 Å². The Bertz CT molecular complexity index is 355. The third-order valence-electron chi connectivity index (χ3n) is 3.11. The molecule has 0 unspecified atom stereocenters. The standard InChI is InChI=1S/C13H19N3/c1-2-3-9-14-11-12-8-10-16(15-12)13-6-4-5-7-13/h1,8,10,13-14H,3-7,9,11H2. The van der Waals surface area contributed by atoms with E-state index in [1.54, 1.807) is 0 Å². The fraction of sp³-hybridized carbons (Fsp3) is 0.615. The van der Waals surface area contributed by atoms with Crippen LogP contribution in [0.3, 0.4) is 0 Å². The lowest BCUT2D eigenvalue weighted by molar-refractivity contribution is 0.461. The van der Waals surface area contributed by atoms with E-state index in [9.17, 15) is 0 Å². The van der Waals surface area contributed by atoms with Crippen molar-refractivity contribution >= 4 is 0 Å². The molecule has 0 aromatic carbocycles. The van der Waals surface area contributed by atoms with Crippen LogP contribution in [0.2, 0.25) is 0 Å². The molecule has 86 valence electrons. The Morgan fingerprint density at radius 3 is 3.06 bits per heavy atom. The first-order chi connectivity index (χ1) is 7.90. The zero-order valence-corrected chi connectivity index (χ0v) is 9.65. The smallest absolute Gasteiger partial charge is 0.0762 e. The van der Waals surface area contributed by atoms with Crippen LogP contribution in [0.4, 0.5) is 0 Å². The molecule has 3 nitrogen and oxygen atoms in total. The summed E-state index contributed by atoms with van der Waals surface area (Å²) in [7, 11) is 0. The molecular formula is C13H19N3. The Morgan fingerprint density at radius 2 is 2.31 bits per heavy atom. The van der Waals surface area contributed by atoms with Crippen molar-refractivity contribution in [2.75, 3.05) is 6.54 Å². The summed E-state index contributed by atoms with van der Waals surface area (Å²) in [6.07, 6.45) is 13.3. The first kappa shape index (κ1) is 11.2. The SMILES string of the molecule is C#CCCNCc1ccn(C2CCCC2)n1. The molecular weight excluding hydrogens is 198 g/mol. The molecule has 0 aliphatic heterocycles. The zero-order chi connectivity index (χ0) is 11.2. The summed E-state index contributed by atoms with van der Waals surface area (Å²) < 4.78 is 2.13. The lowest BCUT2D eigenvalue weighted by Gasteiger charge is -2.08. The topological polar surface area (TPSA) is 29.9 Å². The molecule has 1 aliphatic carbocycles. The van der Waals surface area contributed by atoms with Crippen LogP contribution in [-0.2, 0) is 6.54 Å². The highest BCUT2D eigenvalue weighted by Crippen LogP contribution is 2.28. The van der Waals surface area contributed by atoms with Crippen LogP contribution in [0, 0.1) is 12.3 Å². The molecule has 0 saturated heterocycles. The Morgan fingerprint density at radius 1 is 1.50 bits per heavy atom. The Labute approximate surface area is 97.2 Å². The van der Waals surface area contributed by atoms with Crippen molar-refractivity contribution in [3.05, 3.63) is 18.0 Å². The quantitative estimate of drug-likeness (QED) is 0.604. The van der Waals surface area contributed by atoms with Crippen molar-refractivity contribution in [1.82, 2.24) is 15.1 Å². The van der Waals surface area contributed by atoms with E-state index in [2.05, 4.69) is 33.3 Å². The molecule has 0 amide bonds. The zero-order valence-electron chi connectivity index (χ0n) is 9.65. The van der Waals surface area contributed by atoms with E-state index in [1.165, 1.54) is 25.7 Å². The molecule has 1 aromatic heterocycles. The molecule has 0 bridgehead atoms. The van der Waals surface area contributed by atoms with Crippen LogP contribution >= 0.6 is 0 Å². The summed E-state index contributed by atoms with van der Waals surface area (Å²) in [6, 6.07) is 2.74. The van der Waals surface area contributed by atoms with Gasteiger partial charge in [-0.25, -0.2) is 0 Å². The van der Waals surface area contributed by atoms with E-state index >= 15 is 0 Å². The van der Waals surface area contributed by atoms with Crippen molar-refractivity contribution in [3.8, 4) is 12.3 Å². The number of hydrogen-bond acceptors (Lipinski definition) is 2. The van der Waals surface area contributed by atoms with Crippen molar-refractivity contribution in [2.24, 2.45) is 0 Å². The summed E-state index contributed by atoms with van der Waals surface area (Å²) in [6.45, 7) is 1.69. The van der Waals surface area contributed by atoms with Crippen LogP contribution in [0.1, 0.15) is 43.8 Å². The third-order valence-corrected chi connectivity index (χ3v) is 3.11. The molecule has 1 aliphatic rings. The molecule has 3 heteroatoms. The molecule has 1 fully saturated rings. The maximum absolute atomic E-state index is 5.19. The number of aromatic nitrogens is 2. The Balaban J connectivity index is 1.80. The second kappa shape index (κ2) is 5.72. The normalized spacial score (nSPS) is 16.4. The highest BCUT2D eigenvalue weighted by Gasteiger charge is 2.17. The molecule has 16 heavy (non-hydrogen) atoms. The molecule has 2 rings (SSSR count). The van der Waals surface area contributed by atoms with Crippen LogP contribution in [0.5, 0.6) is 0 Å². The van der Waals surface area contributed by atoms with Gasteiger partial charge in [0.2, 0.25) is 0 Å². The van der Waals surface area contributed by atoms with Crippen molar-refractivity contribution < 1.29 is 0 Å². The number of rotatable bonds is 5. The highest BCUT2D eigenvalue weighted by molar-refractivity contribution is 5.00. The van der Waals surface area contributed by atoms with Gasteiger partial charge in [-0.05, 0) is 18.9 Å². The average Bonchev–Trinajstić information content (AvgIpc) is 2.94. The van der Waals surface area contributed by atoms with Gasteiger partial charge in [0, 0.05) is 25.7 Å². The minimum absolute atomic E-state index is 0.638. The van der Waals surface area contributed by atoms with Crippen molar-refractivity contribution in [1.29, 1.82) is 0 Å². The lowest BCUT2D eigenvalue weighted by atomic mass is 10.3. The summed E-state index contributed by atoms with van der Waals surface area (Å²) in [4.78, 5) is 0. The van der Waals surface area contributed by atoms with Gasteiger partial charge >= 0.3 is 0 Å². The van der Waals surface area contributed by atoms with E-state index in [-0.39, 0.29) is 0 Å². The fourth-order valence-corrected chi connectivity index (χ4v) is 2.22. The van der Waals surface area contributed by atoms with Crippen LogP contribution in [-0.4, -0.2) is 16.3 Å². The van der Waals surface area contributed by atoms with Gasteiger partial charge in [0.1, 0.15) is 0 Å². The van der Waals surface area contributed by atoms with Crippen LogP contribution in [0.25, 0.3) is 0 Å². The third kappa shape index (κ3) is 2.86. The molecule has 1 saturated carbocycles. The minimum atomic E-state index is 0.638. The van der Waals surface area contributed by atoms with Gasteiger partial charge in [0.05, 0.1) is 11.7 Å². The van der Waals surface area contributed by atoms with Crippen molar-refractivity contribution in [3.63, 3.8) is 0 Å². The highest BCUT2D eigenvalue weighted by atomic mass is 15.3. The van der Waals surface area contributed by atoms with Gasteiger partial charge < -0.3 is 5.32 Å². The predicted molar refractivity (Wildman–Crippen MR) is 64.9 cm³/mol. The maximum Gasteiger partial charge on any atom is 0.0762 e. The first-order valence-electron chi connectivity index (χ1n) is 6.08. The molecule has 1 N–H and O–H groups in total. The van der Waals surface area contributed by atoms with E-state index in [1.807, 2.05) is 0 Å². The molecule has 0 atom stereocenters. The van der Waals surface area contributed by atoms with Gasteiger partial charge in [-0.15, -0.1) is 12.3 Å². The summed E-state index contributed by atoms with van der Waals surface area (Å²) >= 11 is 0. The summed E-state index contributed by atoms with van der Waals surface area (Å²) in [5, 5.41) is 7.88. The molecule has 1 aromatic rings. The van der Waals surface area contributed by atoms with E-state index < -0.39 is 0 Å². The molecule has 1 heterocycles. The van der Waals surface area contributed by atoms with Crippen molar-refractivity contribution in [2.45, 2.75) is 44.7 Å². The second-order valence-electron chi connectivity index (χ2n) is 4.36. The molecule has 0 spiro atoms. The van der Waals surface area contributed by atoms with Gasteiger partial charge in [-0.2, -0.15) is 5.10 Å². The van der Waals surface area contributed by atoms with E-state index in [0.717, 1.165) is 25.2 Å². The van der Waals surface area contributed by atoms with E-state index in [0.29, 0.717) is 6.04 Å². The second-order valence-corrected chi connectivity index (χ2v) is 4.36. The van der Waals surface area contributed by atoms with Crippen LogP contribution in [0.15, 0.2) is 12.3 Å². The number of terminal acetylenes is 1. The largest absolute Gasteiger partial charge is 0.310 e. The first-order valence-corrected chi connectivity index (χ1v) is 6.08. The predicted octanol–water partition coefficient (Wildman–Crippen LogP) is 2.11. The fourth-order valence-electron chi connectivity index (χ4n) is 2.22. The number of nitrogens with one attached hydrogen (secondary N) is 1. The molecule has 0 radical (unpaired) electrons. The Hall–Kier alpha value is -1.27. The van der Waals surface area contributed by atoms with Crippen LogP contribution < -0.4 is 5.32 Å².